The van der Waals surface area contributed by atoms with Crippen LogP contribution in [0.2, 0.25) is 0 Å². The van der Waals surface area contributed by atoms with Gasteiger partial charge in [0.25, 0.3) is 0 Å². The predicted molar refractivity (Wildman–Crippen MR) is 362 cm³/mol. The van der Waals surface area contributed by atoms with E-state index < -0.39 is 6.10 Å². The van der Waals surface area contributed by atoms with Crippen LogP contribution in [0.3, 0.4) is 0 Å². The second-order valence-corrected chi connectivity index (χ2v) is 24.5. The van der Waals surface area contributed by atoms with E-state index in [1.807, 2.05) is 0 Å². The number of hydrogen-bond acceptors (Lipinski definition) is 6. The molecule has 0 saturated heterocycles. The Morgan fingerprint density at radius 3 is 0.759 bits per heavy atom. The Hall–Kier alpha value is -3.15. The molecule has 0 spiro atoms. The second-order valence-electron chi connectivity index (χ2n) is 24.5. The van der Waals surface area contributed by atoms with Crippen molar-refractivity contribution in [2.75, 3.05) is 13.2 Å². The van der Waals surface area contributed by atoms with Gasteiger partial charge < -0.3 is 14.2 Å². The molecule has 0 aliphatic heterocycles. The zero-order chi connectivity index (χ0) is 59.9. The quantitative estimate of drug-likeness (QED) is 0.0261. The minimum absolute atomic E-state index is 0.0818. The van der Waals surface area contributed by atoms with Crippen LogP contribution in [0.4, 0.5) is 0 Å². The molecule has 0 saturated carbocycles. The summed E-state index contributed by atoms with van der Waals surface area (Å²) < 4.78 is 17.0. The van der Waals surface area contributed by atoms with Crippen molar-refractivity contribution in [3.63, 3.8) is 0 Å². The summed E-state index contributed by atoms with van der Waals surface area (Å²) in [5, 5.41) is 0. The normalized spacial score (nSPS) is 12.5. The molecule has 482 valence electrons. The smallest absolute Gasteiger partial charge is 0.306 e. The first-order valence-electron chi connectivity index (χ1n) is 36.4. The van der Waals surface area contributed by atoms with E-state index >= 15 is 0 Å². The predicted octanol–water partition coefficient (Wildman–Crippen LogP) is 25.2. The molecule has 0 aromatic carbocycles. The number of rotatable bonds is 67. The molecular weight excluding hydrogens is 1020 g/mol. The van der Waals surface area contributed by atoms with Gasteiger partial charge in [-0.05, 0) is 89.9 Å². The van der Waals surface area contributed by atoms with Gasteiger partial charge in [0, 0.05) is 19.3 Å². The average molecular weight is 1160 g/mol. The van der Waals surface area contributed by atoms with Crippen LogP contribution in [0.5, 0.6) is 0 Å². The van der Waals surface area contributed by atoms with E-state index in [4.69, 9.17) is 14.2 Å². The molecular formula is C77H138O6. The fourth-order valence-electron chi connectivity index (χ4n) is 10.8. The number of hydrogen-bond donors (Lipinski definition) is 0. The molecule has 0 heterocycles. The highest BCUT2D eigenvalue weighted by molar-refractivity contribution is 5.71. The van der Waals surface area contributed by atoms with Crippen LogP contribution < -0.4 is 0 Å². The Labute approximate surface area is 516 Å². The Balaban J connectivity index is 4.27. The van der Waals surface area contributed by atoms with E-state index in [9.17, 15) is 14.4 Å². The Morgan fingerprint density at radius 2 is 0.470 bits per heavy atom. The molecule has 1 atom stereocenters. The van der Waals surface area contributed by atoms with Crippen LogP contribution in [0.25, 0.3) is 0 Å². The average Bonchev–Trinajstić information content (AvgIpc) is 3.50. The molecule has 6 nitrogen and oxygen atoms in total. The third-order valence-electron chi connectivity index (χ3n) is 16.2. The highest BCUT2D eigenvalue weighted by atomic mass is 16.6. The summed E-state index contributed by atoms with van der Waals surface area (Å²) in [7, 11) is 0. The fraction of sp³-hybridized carbons (Fsp3) is 0.805. The summed E-state index contributed by atoms with van der Waals surface area (Å²) in [5.74, 6) is -0.889. The van der Waals surface area contributed by atoms with E-state index in [1.54, 1.807) is 0 Å². The van der Waals surface area contributed by atoms with Gasteiger partial charge in [-0.1, -0.05) is 344 Å². The van der Waals surface area contributed by atoms with Crippen LogP contribution in [-0.4, -0.2) is 37.2 Å². The summed E-state index contributed by atoms with van der Waals surface area (Å²) in [6.07, 6.45) is 93.7. The van der Waals surface area contributed by atoms with Crippen molar-refractivity contribution in [3.8, 4) is 0 Å². The number of allylic oxidation sites excluding steroid dienone is 12. The molecule has 0 aliphatic carbocycles. The second kappa shape index (κ2) is 71.3. The third-order valence-corrected chi connectivity index (χ3v) is 16.2. The first-order valence-corrected chi connectivity index (χ1v) is 36.4. The molecule has 0 aromatic heterocycles. The van der Waals surface area contributed by atoms with Gasteiger partial charge in [0.15, 0.2) is 6.10 Å². The Bertz CT molecular complexity index is 1520. The fourth-order valence-corrected chi connectivity index (χ4v) is 10.8. The molecule has 6 heteroatoms. The molecule has 0 N–H and O–H groups in total. The number of ether oxygens (including phenoxy) is 3. The number of unbranched alkanes of at least 4 members (excludes halogenated alkanes) is 44. The first-order chi connectivity index (χ1) is 41.0. The van der Waals surface area contributed by atoms with Crippen molar-refractivity contribution in [2.45, 2.75) is 386 Å². The lowest BCUT2D eigenvalue weighted by molar-refractivity contribution is -0.167. The summed E-state index contributed by atoms with van der Waals surface area (Å²) in [6, 6.07) is 0. The van der Waals surface area contributed by atoms with Crippen LogP contribution in [0.15, 0.2) is 72.9 Å². The van der Waals surface area contributed by atoms with Gasteiger partial charge in [0.2, 0.25) is 0 Å². The van der Waals surface area contributed by atoms with Crippen LogP contribution in [0, 0.1) is 0 Å². The molecule has 0 amide bonds. The molecule has 83 heavy (non-hydrogen) atoms. The summed E-state index contributed by atoms with van der Waals surface area (Å²) in [5.41, 5.74) is 0. The standard InChI is InChI=1S/C77H138O6/c1-4-7-10-13-16-19-22-25-28-31-33-34-35-36-37-38-39-40-41-42-44-46-49-52-55-58-61-64-67-70-76(79)82-73-74(72-81-75(78)69-66-63-60-57-54-51-48-45-30-27-24-21-18-15-12-9-6-3)83-77(80)71-68-65-62-59-56-53-50-47-43-32-29-26-23-20-17-14-11-8-5-2/h9,12,17-18,20-21,26-27,29-30,48,51,74H,4-8,10-11,13-16,19,22-25,28,31-47,49-50,52-73H2,1-3H3/b12-9-,20-17-,21-18-,29-26-,30-27-,51-48-. The highest BCUT2D eigenvalue weighted by Crippen LogP contribution is 2.18. The van der Waals surface area contributed by atoms with Crippen molar-refractivity contribution < 1.29 is 28.6 Å². The SMILES string of the molecule is CC/C=C\C/C=C\C/C=C\C/C=C\CCCCCCC(=O)OCC(COC(=O)CCCCCCCCCCCCCCCCCCCCCCCCCCCCCCC)OC(=O)CCCCCCCCCCC/C=C\C/C=C\CCCCC. The highest BCUT2D eigenvalue weighted by Gasteiger charge is 2.19. The minimum Gasteiger partial charge on any atom is -0.462 e. The number of carbonyl (C=O) groups excluding carboxylic acids is 3. The summed E-state index contributed by atoms with van der Waals surface area (Å²) >= 11 is 0. The van der Waals surface area contributed by atoms with E-state index in [0.717, 1.165) is 103 Å². The lowest BCUT2D eigenvalue weighted by Crippen LogP contribution is -2.30. The van der Waals surface area contributed by atoms with Gasteiger partial charge in [0.1, 0.15) is 13.2 Å². The maximum Gasteiger partial charge on any atom is 0.306 e. The van der Waals surface area contributed by atoms with Crippen LogP contribution in [-0.2, 0) is 28.6 Å². The van der Waals surface area contributed by atoms with E-state index in [0.29, 0.717) is 19.3 Å². The molecule has 0 aliphatic rings. The molecule has 0 bridgehead atoms. The summed E-state index contributed by atoms with van der Waals surface area (Å²) in [4.78, 5) is 38.5. The Kier molecular flexibility index (Phi) is 68.6. The van der Waals surface area contributed by atoms with Crippen LogP contribution in [0.1, 0.15) is 380 Å². The van der Waals surface area contributed by atoms with Gasteiger partial charge in [0.05, 0.1) is 0 Å². The van der Waals surface area contributed by atoms with Gasteiger partial charge in [-0.3, -0.25) is 14.4 Å². The number of carbonyl (C=O) groups is 3. The van der Waals surface area contributed by atoms with Crippen molar-refractivity contribution in [1.29, 1.82) is 0 Å². The maximum absolute atomic E-state index is 13.0. The van der Waals surface area contributed by atoms with Crippen molar-refractivity contribution in [3.05, 3.63) is 72.9 Å². The lowest BCUT2D eigenvalue weighted by atomic mass is 10.0. The van der Waals surface area contributed by atoms with Crippen molar-refractivity contribution in [1.82, 2.24) is 0 Å². The van der Waals surface area contributed by atoms with E-state index in [2.05, 4.69) is 93.7 Å². The molecule has 1 unspecified atom stereocenters. The first kappa shape index (κ1) is 79.8. The van der Waals surface area contributed by atoms with Gasteiger partial charge in [-0.2, -0.15) is 0 Å². The topological polar surface area (TPSA) is 78.9 Å². The molecule has 0 fully saturated rings. The van der Waals surface area contributed by atoms with Gasteiger partial charge >= 0.3 is 17.9 Å². The molecule has 0 radical (unpaired) electrons. The molecule has 0 rings (SSSR count). The van der Waals surface area contributed by atoms with Gasteiger partial charge in [-0.25, -0.2) is 0 Å². The van der Waals surface area contributed by atoms with E-state index in [-0.39, 0.29) is 31.1 Å². The van der Waals surface area contributed by atoms with Crippen LogP contribution >= 0.6 is 0 Å². The minimum atomic E-state index is -0.789. The monoisotopic (exact) mass is 1160 g/mol. The third kappa shape index (κ3) is 69.5. The molecule has 0 aromatic rings. The lowest BCUT2D eigenvalue weighted by Gasteiger charge is -2.18. The number of esters is 3. The Morgan fingerprint density at radius 1 is 0.253 bits per heavy atom. The largest absolute Gasteiger partial charge is 0.462 e. The zero-order valence-corrected chi connectivity index (χ0v) is 55.5. The van der Waals surface area contributed by atoms with Crippen molar-refractivity contribution in [2.24, 2.45) is 0 Å². The zero-order valence-electron chi connectivity index (χ0n) is 55.5. The maximum atomic E-state index is 13.0. The van der Waals surface area contributed by atoms with E-state index in [1.165, 1.54) is 238 Å². The van der Waals surface area contributed by atoms with Gasteiger partial charge in [-0.15, -0.1) is 0 Å². The van der Waals surface area contributed by atoms with Crippen molar-refractivity contribution >= 4 is 17.9 Å². The summed E-state index contributed by atoms with van der Waals surface area (Å²) in [6.45, 7) is 6.54.